The topological polar surface area (TPSA) is 59.8 Å². The van der Waals surface area contributed by atoms with Crippen LogP contribution in [-0.2, 0) is 21.1 Å². The van der Waals surface area contributed by atoms with Gasteiger partial charge in [0, 0.05) is 77.6 Å². The second kappa shape index (κ2) is 15.2. The zero-order valence-electron chi connectivity index (χ0n) is 33.9. The first kappa shape index (κ1) is 37.9. The third kappa shape index (κ3) is 6.11. The third-order valence-electron chi connectivity index (χ3n) is 12.0. The van der Waals surface area contributed by atoms with Crippen LogP contribution < -0.4 is 14.5 Å². The van der Waals surface area contributed by atoms with Gasteiger partial charge in [0.05, 0.1) is 11.3 Å². The normalized spacial score (nSPS) is 12.7. The predicted octanol–water partition coefficient (Wildman–Crippen LogP) is 14.6. The summed E-state index contributed by atoms with van der Waals surface area (Å²) < 4.78 is 22.0. The van der Waals surface area contributed by atoms with Gasteiger partial charge >= 0.3 is 0 Å². The number of furan rings is 2. The summed E-state index contributed by atoms with van der Waals surface area (Å²) >= 11 is 0. The van der Waals surface area contributed by atoms with Crippen LogP contribution in [0.15, 0.2) is 203 Å². The van der Waals surface area contributed by atoms with Gasteiger partial charge in [0.15, 0.2) is 0 Å². The number of ether oxygens (including phenoxy) is 1. The molecular weight excluding hydrogens is 972 g/mol. The van der Waals surface area contributed by atoms with Gasteiger partial charge in [-0.2, -0.15) is 6.07 Å². The Kier molecular flexibility index (Phi) is 8.99. The number of anilines is 2. The van der Waals surface area contributed by atoms with Gasteiger partial charge in [-0.1, -0.05) is 132 Å². The van der Waals surface area contributed by atoms with Crippen molar-refractivity contribution in [3.05, 3.63) is 213 Å². The molecule has 0 saturated carbocycles. The minimum absolute atomic E-state index is 0. The standard InChI is InChI=1S/C56H33N4O3.Pt/c1-3-14-36(15-4-1)40-20-13-21-41(37-16-5-2-6-17-37)55(40)59-29-28-58(35-59)38-30-47-46-33-45-44-19-8-10-23-50(44)62-51(45)34-52(46)63-56(47)53(31-38)61-39-25-26-43-42-18-7-9-22-48(42)60(49(43)32-39)54-24-11-12-27-57-54;/h1-30,33-35H;/q-3;. The Morgan fingerprint density at radius 2 is 1.20 bits per heavy atom. The van der Waals surface area contributed by atoms with Crippen molar-refractivity contribution in [1.29, 1.82) is 0 Å². The molecule has 0 fully saturated rings. The number of rotatable bonds is 7. The molecule has 8 heteroatoms. The smallest absolute Gasteiger partial charge is 0.139 e. The van der Waals surface area contributed by atoms with Gasteiger partial charge in [-0.15, -0.1) is 42.0 Å². The van der Waals surface area contributed by atoms with E-state index in [-0.39, 0.29) is 21.1 Å². The van der Waals surface area contributed by atoms with Crippen LogP contribution in [0, 0.1) is 18.8 Å². The van der Waals surface area contributed by atoms with Gasteiger partial charge in [-0.25, -0.2) is 4.98 Å². The zero-order valence-corrected chi connectivity index (χ0v) is 36.2. The van der Waals surface area contributed by atoms with Gasteiger partial charge in [0.25, 0.3) is 0 Å². The van der Waals surface area contributed by atoms with Gasteiger partial charge in [-0.05, 0) is 59.2 Å². The maximum atomic E-state index is 6.89. The van der Waals surface area contributed by atoms with Crippen LogP contribution in [0.5, 0.6) is 11.5 Å². The maximum Gasteiger partial charge on any atom is 0.139 e. The van der Waals surface area contributed by atoms with Crippen LogP contribution in [0.4, 0.5) is 11.4 Å². The number of fused-ring (bicyclic) bond motifs is 9. The summed E-state index contributed by atoms with van der Waals surface area (Å²) in [7, 11) is 0. The molecule has 13 rings (SSSR count). The number of aromatic nitrogens is 2. The van der Waals surface area contributed by atoms with Gasteiger partial charge in [0.1, 0.15) is 22.6 Å². The van der Waals surface area contributed by atoms with E-state index in [2.05, 4.69) is 167 Å². The molecule has 0 radical (unpaired) electrons. The molecule has 0 spiro atoms. The molecule has 1 aliphatic rings. The summed E-state index contributed by atoms with van der Waals surface area (Å²) in [5.41, 5.74) is 11.1. The fourth-order valence-electron chi connectivity index (χ4n) is 9.12. The molecule has 64 heavy (non-hydrogen) atoms. The second-order valence-corrected chi connectivity index (χ2v) is 15.7. The fourth-order valence-corrected chi connectivity index (χ4v) is 9.12. The van der Waals surface area contributed by atoms with E-state index in [0.717, 1.165) is 94.0 Å². The largest absolute Gasteiger partial charge is 0.512 e. The summed E-state index contributed by atoms with van der Waals surface area (Å²) in [6.45, 7) is 2.10. The number of benzene rings is 8. The van der Waals surface area contributed by atoms with E-state index >= 15 is 0 Å². The molecular formula is C56H33N4O3Pt-3. The molecule has 308 valence electrons. The number of nitrogens with zero attached hydrogens (tertiary/aromatic N) is 4. The predicted molar refractivity (Wildman–Crippen MR) is 253 cm³/mol. The summed E-state index contributed by atoms with van der Waals surface area (Å²) in [5, 5.41) is 6.05. The molecule has 1 aliphatic heterocycles. The van der Waals surface area contributed by atoms with Crippen LogP contribution in [-0.4, -0.2) is 9.55 Å². The van der Waals surface area contributed by atoms with Crippen LogP contribution >= 0.6 is 0 Å². The Labute approximate surface area is 381 Å². The molecule has 0 unspecified atom stereocenters. The molecule has 0 amide bonds. The molecule has 0 aliphatic carbocycles. The number of hydrogen-bond donors (Lipinski definition) is 0. The van der Waals surface area contributed by atoms with Gasteiger partial charge < -0.3 is 27.9 Å². The molecule has 5 heterocycles. The van der Waals surface area contributed by atoms with Crippen LogP contribution in [0.25, 0.3) is 93.8 Å². The van der Waals surface area contributed by atoms with E-state index in [1.165, 1.54) is 0 Å². The minimum atomic E-state index is 0. The van der Waals surface area contributed by atoms with Crippen LogP contribution in [0.3, 0.4) is 0 Å². The Hall–Kier alpha value is -7.86. The first-order chi connectivity index (χ1) is 31.2. The molecule has 0 saturated heterocycles. The Balaban J connectivity index is 0.00000433. The van der Waals surface area contributed by atoms with Gasteiger partial charge in [-0.3, -0.25) is 0 Å². The molecule has 0 atom stereocenters. The monoisotopic (exact) mass is 1000 g/mol. The molecule has 7 nitrogen and oxygen atoms in total. The Bertz CT molecular complexity index is 3710. The fraction of sp³-hybridized carbons (Fsp3) is 0. The molecule has 0 N–H and O–H groups in total. The average Bonchev–Trinajstić information content (AvgIpc) is 4.14. The van der Waals surface area contributed by atoms with Crippen molar-refractivity contribution in [3.63, 3.8) is 0 Å². The van der Waals surface area contributed by atoms with Crippen LogP contribution in [0.2, 0.25) is 0 Å². The summed E-state index contributed by atoms with van der Waals surface area (Å²) in [6, 6.07) is 67.5. The quantitative estimate of drug-likeness (QED) is 0.148. The summed E-state index contributed by atoms with van der Waals surface area (Å²) in [6.07, 6.45) is 5.97. The first-order valence-electron chi connectivity index (χ1n) is 20.8. The molecule has 8 aromatic carbocycles. The second-order valence-electron chi connectivity index (χ2n) is 15.7. The van der Waals surface area contributed by atoms with Crippen molar-refractivity contribution in [2.24, 2.45) is 0 Å². The van der Waals surface area contributed by atoms with E-state index < -0.39 is 0 Å². The zero-order chi connectivity index (χ0) is 41.4. The van der Waals surface area contributed by atoms with E-state index in [0.29, 0.717) is 22.7 Å². The number of hydrogen-bond acceptors (Lipinski definition) is 6. The number of pyridine rings is 1. The average molecular weight is 1000 g/mol. The van der Waals surface area contributed by atoms with E-state index in [4.69, 9.17) is 18.6 Å². The molecule has 4 aromatic heterocycles. The van der Waals surface area contributed by atoms with Gasteiger partial charge in [0.2, 0.25) is 0 Å². The molecule has 0 bridgehead atoms. The van der Waals surface area contributed by atoms with E-state index in [1.54, 1.807) is 0 Å². The van der Waals surface area contributed by atoms with Crippen molar-refractivity contribution in [2.75, 3.05) is 9.80 Å². The van der Waals surface area contributed by atoms with Crippen molar-refractivity contribution < 1.29 is 34.6 Å². The van der Waals surface area contributed by atoms with E-state index in [1.807, 2.05) is 60.8 Å². The first-order valence-corrected chi connectivity index (χ1v) is 20.8. The summed E-state index contributed by atoms with van der Waals surface area (Å²) in [4.78, 5) is 8.99. The van der Waals surface area contributed by atoms with Crippen molar-refractivity contribution >= 4 is 77.1 Å². The van der Waals surface area contributed by atoms with Crippen molar-refractivity contribution in [3.8, 4) is 39.6 Å². The molecule has 12 aromatic rings. The SMILES string of the molecule is [Pt].[c-]1c(N2C=CN(c3c(-c4ccccc4)cccc3-c3ccccc3)[CH-]2)cc2c(oc3cc4oc5ccccc5c4cc32)c1Oc1[c-]c2c(cc1)c1ccccc1n2-c1ccccn1. The Morgan fingerprint density at radius 3 is 1.98 bits per heavy atom. The van der Waals surface area contributed by atoms with Crippen molar-refractivity contribution in [1.82, 2.24) is 9.55 Å². The van der Waals surface area contributed by atoms with Crippen molar-refractivity contribution in [2.45, 2.75) is 0 Å². The maximum absolute atomic E-state index is 6.89. The van der Waals surface area contributed by atoms with E-state index in [9.17, 15) is 0 Å². The summed E-state index contributed by atoms with van der Waals surface area (Å²) in [5.74, 6) is 1.75. The van der Waals surface area contributed by atoms with Crippen LogP contribution in [0.1, 0.15) is 0 Å². The number of para-hydroxylation sites is 3. The minimum Gasteiger partial charge on any atom is -0.512 e. The Morgan fingerprint density at radius 1 is 0.516 bits per heavy atom. The third-order valence-corrected chi connectivity index (χ3v) is 12.0.